The Balaban J connectivity index is 0.00000312. The van der Waals surface area contributed by atoms with Crippen LogP contribution in [0.25, 0.3) is 0 Å². The zero-order valence-electron chi connectivity index (χ0n) is 14.0. The molecular weight excluding hydrogens is 381 g/mol. The molecule has 25 heavy (non-hydrogen) atoms. The van der Waals surface area contributed by atoms with E-state index in [4.69, 9.17) is 33.0 Å². The molecule has 2 rings (SSSR count). The van der Waals surface area contributed by atoms with E-state index in [1.54, 1.807) is 12.1 Å². The molecule has 0 saturated carbocycles. The Hall–Kier alpha value is -0.970. The van der Waals surface area contributed by atoms with E-state index in [1.165, 1.54) is 5.56 Å². The van der Waals surface area contributed by atoms with Gasteiger partial charge in [-0.05, 0) is 55.6 Å². The summed E-state index contributed by atoms with van der Waals surface area (Å²) in [4.78, 5) is 0. The normalized spacial score (nSPS) is 10.4. The second-order valence-electron chi connectivity index (χ2n) is 5.63. The lowest BCUT2D eigenvalue weighted by Crippen LogP contribution is -2.14. The number of nitrogens with one attached hydrogen (secondary N) is 1. The van der Waals surface area contributed by atoms with E-state index in [0.717, 1.165) is 43.7 Å². The van der Waals surface area contributed by atoms with Crippen LogP contribution in [0.4, 0.5) is 0 Å². The predicted octanol–water partition coefficient (Wildman–Crippen LogP) is 5.25. The number of benzene rings is 2. The summed E-state index contributed by atoms with van der Waals surface area (Å²) in [6.45, 7) is 2.50. The number of rotatable bonds is 10. The van der Waals surface area contributed by atoms with Crippen LogP contribution in [0.5, 0.6) is 5.75 Å². The molecule has 0 aliphatic heterocycles. The summed E-state index contributed by atoms with van der Waals surface area (Å²) < 4.78 is 5.77. The van der Waals surface area contributed by atoms with Gasteiger partial charge in [-0.1, -0.05) is 41.4 Å². The van der Waals surface area contributed by atoms with Crippen LogP contribution >= 0.6 is 35.6 Å². The number of aliphatic hydroxyl groups is 1. The molecule has 2 aromatic carbocycles. The summed E-state index contributed by atoms with van der Waals surface area (Å²) in [7, 11) is 0. The van der Waals surface area contributed by atoms with Crippen molar-refractivity contribution in [3.8, 4) is 5.75 Å². The zero-order valence-corrected chi connectivity index (χ0v) is 16.3. The Morgan fingerprint density at radius 1 is 0.960 bits per heavy atom. The van der Waals surface area contributed by atoms with Crippen LogP contribution in [0.15, 0.2) is 42.5 Å². The predicted molar refractivity (Wildman–Crippen MR) is 107 cm³/mol. The van der Waals surface area contributed by atoms with Crippen LogP contribution in [0.1, 0.15) is 30.4 Å². The molecule has 0 aliphatic carbocycles. The number of ether oxygens (including phenoxy) is 1. The molecule has 0 heterocycles. The van der Waals surface area contributed by atoms with Crippen LogP contribution < -0.4 is 10.1 Å². The second kappa shape index (κ2) is 12.4. The first-order chi connectivity index (χ1) is 11.7. The Bertz CT molecular complexity index is 621. The van der Waals surface area contributed by atoms with Gasteiger partial charge in [0, 0.05) is 28.8 Å². The van der Waals surface area contributed by atoms with E-state index in [9.17, 15) is 0 Å². The summed E-state index contributed by atoms with van der Waals surface area (Å²) in [5.41, 5.74) is 2.13. The highest BCUT2D eigenvalue weighted by Crippen LogP contribution is 2.22. The zero-order chi connectivity index (χ0) is 17.2. The van der Waals surface area contributed by atoms with Crippen molar-refractivity contribution in [1.29, 1.82) is 0 Å². The molecule has 0 unspecified atom stereocenters. The minimum absolute atomic E-state index is 0. The van der Waals surface area contributed by atoms with Gasteiger partial charge in [0.25, 0.3) is 0 Å². The van der Waals surface area contributed by atoms with Crippen molar-refractivity contribution in [3.63, 3.8) is 0 Å². The molecule has 0 radical (unpaired) electrons. The van der Waals surface area contributed by atoms with Gasteiger partial charge in [-0.2, -0.15) is 0 Å². The quantitative estimate of drug-likeness (QED) is 0.532. The van der Waals surface area contributed by atoms with E-state index in [1.807, 2.05) is 18.2 Å². The standard InChI is InChI=1S/C19H23Cl2NO2.ClH/c20-17-7-6-16(19(21)12-17)14-24-18-8-4-15(5-9-18)13-22-10-2-1-3-11-23;/h4-9,12,22-23H,1-3,10-11,13-14H2;1H. The van der Waals surface area contributed by atoms with Gasteiger partial charge >= 0.3 is 0 Å². The van der Waals surface area contributed by atoms with Crippen molar-refractivity contribution in [1.82, 2.24) is 5.32 Å². The monoisotopic (exact) mass is 403 g/mol. The summed E-state index contributed by atoms with van der Waals surface area (Å²) >= 11 is 12.0. The maximum Gasteiger partial charge on any atom is 0.119 e. The Morgan fingerprint density at radius 2 is 1.72 bits per heavy atom. The molecular formula is C19H24Cl3NO2. The third kappa shape index (κ3) is 8.30. The smallest absolute Gasteiger partial charge is 0.119 e. The molecule has 0 bridgehead atoms. The topological polar surface area (TPSA) is 41.5 Å². The Kier molecular flexibility index (Phi) is 10.9. The first-order valence-electron chi connectivity index (χ1n) is 8.16. The van der Waals surface area contributed by atoms with E-state index in [-0.39, 0.29) is 19.0 Å². The van der Waals surface area contributed by atoms with Crippen molar-refractivity contribution in [2.45, 2.75) is 32.4 Å². The van der Waals surface area contributed by atoms with Gasteiger partial charge in [-0.15, -0.1) is 12.4 Å². The lowest BCUT2D eigenvalue weighted by atomic mass is 10.2. The SMILES string of the molecule is Cl.OCCCCCNCc1ccc(OCc2ccc(Cl)cc2Cl)cc1. The second-order valence-corrected chi connectivity index (χ2v) is 6.47. The molecule has 6 heteroatoms. The fourth-order valence-electron chi connectivity index (χ4n) is 2.27. The van der Waals surface area contributed by atoms with Crippen LogP contribution in [-0.4, -0.2) is 18.3 Å². The van der Waals surface area contributed by atoms with Gasteiger partial charge in [-0.25, -0.2) is 0 Å². The van der Waals surface area contributed by atoms with Gasteiger partial charge in [-0.3, -0.25) is 0 Å². The van der Waals surface area contributed by atoms with Gasteiger partial charge in [0.15, 0.2) is 0 Å². The van der Waals surface area contributed by atoms with Gasteiger partial charge < -0.3 is 15.2 Å². The van der Waals surface area contributed by atoms with Crippen LogP contribution in [0.3, 0.4) is 0 Å². The molecule has 0 saturated heterocycles. The van der Waals surface area contributed by atoms with E-state index >= 15 is 0 Å². The first kappa shape index (κ1) is 22.1. The van der Waals surface area contributed by atoms with E-state index < -0.39 is 0 Å². The molecule has 0 amide bonds. The summed E-state index contributed by atoms with van der Waals surface area (Å²) in [5.74, 6) is 0.813. The number of unbranched alkanes of at least 4 members (excludes halogenated alkanes) is 2. The maximum atomic E-state index is 8.73. The Morgan fingerprint density at radius 3 is 2.40 bits per heavy atom. The highest BCUT2D eigenvalue weighted by atomic mass is 35.5. The minimum atomic E-state index is 0. The van der Waals surface area contributed by atoms with Crippen molar-refractivity contribution in [2.75, 3.05) is 13.2 Å². The third-order valence-electron chi connectivity index (χ3n) is 3.67. The van der Waals surface area contributed by atoms with Crippen LogP contribution in [0, 0.1) is 0 Å². The molecule has 0 atom stereocenters. The van der Waals surface area contributed by atoms with E-state index in [0.29, 0.717) is 16.7 Å². The van der Waals surface area contributed by atoms with Crippen LogP contribution in [-0.2, 0) is 13.2 Å². The van der Waals surface area contributed by atoms with Crippen LogP contribution in [0.2, 0.25) is 10.0 Å². The summed E-state index contributed by atoms with van der Waals surface area (Å²) in [5, 5.41) is 13.4. The van der Waals surface area contributed by atoms with Gasteiger partial charge in [0.05, 0.1) is 0 Å². The highest BCUT2D eigenvalue weighted by Gasteiger charge is 2.03. The number of hydrogen-bond acceptors (Lipinski definition) is 3. The number of hydrogen-bond donors (Lipinski definition) is 2. The molecule has 2 N–H and O–H groups in total. The number of halogens is 3. The largest absolute Gasteiger partial charge is 0.489 e. The minimum Gasteiger partial charge on any atom is -0.489 e. The van der Waals surface area contributed by atoms with Gasteiger partial charge in [0.2, 0.25) is 0 Å². The summed E-state index contributed by atoms with van der Waals surface area (Å²) in [6.07, 6.45) is 3.03. The maximum absolute atomic E-state index is 8.73. The van der Waals surface area contributed by atoms with Crippen molar-refractivity contribution in [3.05, 3.63) is 63.6 Å². The molecule has 0 fully saturated rings. The Labute approximate surface area is 165 Å². The molecule has 0 aromatic heterocycles. The van der Waals surface area contributed by atoms with E-state index in [2.05, 4.69) is 17.4 Å². The van der Waals surface area contributed by atoms with Crippen molar-refractivity contribution >= 4 is 35.6 Å². The fourth-order valence-corrected chi connectivity index (χ4v) is 2.74. The summed E-state index contributed by atoms with van der Waals surface area (Å²) in [6, 6.07) is 13.4. The van der Waals surface area contributed by atoms with Crippen molar-refractivity contribution in [2.24, 2.45) is 0 Å². The number of aliphatic hydroxyl groups excluding tert-OH is 1. The molecule has 2 aromatic rings. The average molecular weight is 405 g/mol. The van der Waals surface area contributed by atoms with Crippen molar-refractivity contribution < 1.29 is 9.84 Å². The lowest BCUT2D eigenvalue weighted by molar-refractivity contribution is 0.283. The highest BCUT2D eigenvalue weighted by molar-refractivity contribution is 6.35. The molecule has 0 spiro atoms. The fraction of sp³-hybridized carbons (Fsp3) is 0.368. The molecule has 138 valence electrons. The lowest BCUT2D eigenvalue weighted by Gasteiger charge is -2.09. The van der Waals surface area contributed by atoms with Gasteiger partial charge in [0.1, 0.15) is 12.4 Å². The molecule has 0 aliphatic rings. The molecule has 3 nitrogen and oxygen atoms in total. The average Bonchev–Trinajstić information content (AvgIpc) is 2.58. The first-order valence-corrected chi connectivity index (χ1v) is 8.92. The third-order valence-corrected chi connectivity index (χ3v) is 4.26.